The zero-order chi connectivity index (χ0) is 19.7. The molecule has 0 radical (unpaired) electrons. The normalized spacial score (nSPS) is 13.2. The van der Waals surface area contributed by atoms with E-state index >= 15 is 0 Å². The van der Waals surface area contributed by atoms with Crippen molar-refractivity contribution in [3.05, 3.63) is 83.8 Å². The molecule has 0 saturated carbocycles. The largest absolute Gasteiger partial charge is 0.368 e. The molecule has 1 aromatic heterocycles. The Kier molecular flexibility index (Phi) is 4.59. The van der Waals surface area contributed by atoms with Crippen LogP contribution < -0.4 is 10.6 Å². The summed E-state index contributed by atoms with van der Waals surface area (Å²) in [6.07, 6.45) is 0.842. The Balaban J connectivity index is 1.44. The highest BCUT2D eigenvalue weighted by Gasteiger charge is 2.21. The Labute approximate surface area is 164 Å². The second-order valence-corrected chi connectivity index (χ2v) is 7.83. The summed E-state index contributed by atoms with van der Waals surface area (Å²) in [5.41, 5.74) is 6.14. The van der Waals surface area contributed by atoms with Gasteiger partial charge in [0.1, 0.15) is 11.6 Å². The van der Waals surface area contributed by atoms with E-state index in [1.807, 2.05) is 30.3 Å². The molecule has 3 aromatic rings. The number of halogens is 1. The fourth-order valence-electron chi connectivity index (χ4n) is 3.38. The quantitative estimate of drug-likeness (QED) is 0.648. The highest BCUT2D eigenvalue weighted by atomic mass is 19.1. The van der Waals surface area contributed by atoms with E-state index in [1.54, 1.807) is 0 Å². The van der Waals surface area contributed by atoms with Crippen LogP contribution in [-0.4, -0.2) is 16.7 Å². The van der Waals surface area contributed by atoms with Gasteiger partial charge in [-0.25, -0.2) is 4.39 Å². The Bertz CT molecular complexity index is 1010. The second-order valence-electron chi connectivity index (χ2n) is 7.83. The van der Waals surface area contributed by atoms with Crippen molar-refractivity contribution in [2.45, 2.75) is 25.7 Å². The lowest BCUT2D eigenvalue weighted by Gasteiger charge is -2.25. The van der Waals surface area contributed by atoms with E-state index in [-0.39, 0.29) is 11.2 Å². The lowest BCUT2D eigenvalue weighted by Crippen LogP contribution is -2.28. The Morgan fingerprint density at radius 2 is 1.86 bits per heavy atom. The molecule has 2 N–H and O–H groups in total. The van der Waals surface area contributed by atoms with Gasteiger partial charge in [-0.1, -0.05) is 38.6 Å². The SMILES string of the molecule is C=C1Cc2cc(-c3ccc(NCC(C)(C)c4ccc(F)cc4)nn3)ccc2N1. The molecule has 28 heavy (non-hydrogen) atoms. The predicted molar refractivity (Wildman–Crippen MR) is 112 cm³/mol. The molecule has 0 aliphatic carbocycles. The van der Waals surface area contributed by atoms with E-state index in [0.29, 0.717) is 6.54 Å². The topological polar surface area (TPSA) is 49.8 Å². The van der Waals surface area contributed by atoms with Crippen molar-refractivity contribution >= 4 is 11.5 Å². The number of fused-ring (bicyclic) bond motifs is 1. The molecule has 5 heteroatoms. The van der Waals surface area contributed by atoms with Crippen LogP contribution in [0.15, 0.2) is 66.9 Å². The van der Waals surface area contributed by atoms with Gasteiger partial charge in [-0.15, -0.1) is 10.2 Å². The van der Waals surface area contributed by atoms with Crippen LogP contribution in [0.25, 0.3) is 11.3 Å². The van der Waals surface area contributed by atoms with E-state index in [1.165, 1.54) is 17.7 Å². The fraction of sp³-hybridized carbons (Fsp3) is 0.217. The van der Waals surface area contributed by atoms with Gasteiger partial charge < -0.3 is 10.6 Å². The molecule has 142 valence electrons. The maximum absolute atomic E-state index is 13.2. The second kappa shape index (κ2) is 7.08. The van der Waals surface area contributed by atoms with Crippen LogP contribution in [0.5, 0.6) is 0 Å². The van der Waals surface area contributed by atoms with Crippen LogP contribution in [0.1, 0.15) is 25.0 Å². The van der Waals surface area contributed by atoms with Crippen LogP contribution >= 0.6 is 0 Å². The predicted octanol–water partition coefficient (Wildman–Crippen LogP) is 5.15. The standard InChI is InChI=1S/C23H23FN4/c1-15-12-17-13-16(4-9-20(17)26-15)21-10-11-22(28-27-21)25-14-23(2,3)18-5-7-19(24)8-6-18/h4-11,13,26H,1,12,14H2,2-3H3,(H,25,28). The van der Waals surface area contributed by atoms with Crippen LogP contribution in [0.4, 0.5) is 15.9 Å². The number of anilines is 2. The Morgan fingerprint density at radius 1 is 1.07 bits per heavy atom. The van der Waals surface area contributed by atoms with Gasteiger partial charge in [0.15, 0.2) is 0 Å². The summed E-state index contributed by atoms with van der Waals surface area (Å²) in [5, 5.41) is 15.3. The number of allylic oxidation sites excluding steroid dienone is 1. The molecule has 0 atom stereocenters. The van der Waals surface area contributed by atoms with Crippen molar-refractivity contribution in [2.24, 2.45) is 0 Å². The molecule has 2 aromatic carbocycles. The van der Waals surface area contributed by atoms with Crippen molar-refractivity contribution in [1.82, 2.24) is 10.2 Å². The number of aromatic nitrogens is 2. The number of rotatable bonds is 5. The molecule has 0 saturated heterocycles. The van der Waals surface area contributed by atoms with Crippen molar-refractivity contribution in [3.63, 3.8) is 0 Å². The van der Waals surface area contributed by atoms with E-state index in [0.717, 1.165) is 40.4 Å². The monoisotopic (exact) mass is 374 g/mol. The summed E-state index contributed by atoms with van der Waals surface area (Å²) in [4.78, 5) is 0. The zero-order valence-electron chi connectivity index (χ0n) is 16.1. The number of benzene rings is 2. The first-order chi connectivity index (χ1) is 13.4. The molecular weight excluding hydrogens is 351 g/mol. The first-order valence-corrected chi connectivity index (χ1v) is 9.32. The third-order valence-corrected chi connectivity index (χ3v) is 5.12. The molecule has 0 unspecified atom stereocenters. The highest BCUT2D eigenvalue weighted by Crippen LogP contribution is 2.31. The van der Waals surface area contributed by atoms with Crippen LogP contribution in [0, 0.1) is 5.82 Å². The molecule has 4 rings (SSSR count). The summed E-state index contributed by atoms with van der Waals surface area (Å²) in [5.74, 6) is 0.496. The van der Waals surface area contributed by atoms with E-state index < -0.39 is 0 Å². The van der Waals surface area contributed by atoms with Crippen LogP contribution in [-0.2, 0) is 11.8 Å². The molecule has 1 aliphatic heterocycles. The summed E-state index contributed by atoms with van der Waals surface area (Å²) < 4.78 is 13.2. The van der Waals surface area contributed by atoms with Gasteiger partial charge >= 0.3 is 0 Å². The molecule has 0 bridgehead atoms. The molecule has 4 nitrogen and oxygen atoms in total. The van der Waals surface area contributed by atoms with Gasteiger partial charge in [0.2, 0.25) is 0 Å². The van der Waals surface area contributed by atoms with Gasteiger partial charge in [0.25, 0.3) is 0 Å². The van der Waals surface area contributed by atoms with Gasteiger partial charge in [-0.3, -0.25) is 0 Å². The minimum absolute atomic E-state index is 0.163. The number of nitrogens with one attached hydrogen (secondary N) is 2. The van der Waals surface area contributed by atoms with Gasteiger partial charge in [0, 0.05) is 35.3 Å². The summed E-state index contributed by atoms with van der Waals surface area (Å²) in [6.45, 7) is 8.87. The maximum Gasteiger partial charge on any atom is 0.148 e. The van der Waals surface area contributed by atoms with E-state index in [4.69, 9.17) is 0 Å². The first kappa shape index (κ1) is 18.2. The van der Waals surface area contributed by atoms with Gasteiger partial charge in [0.05, 0.1) is 5.69 Å². The Morgan fingerprint density at radius 3 is 2.57 bits per heavy atom. The maximum atomic E-state index is 13.2. The number of hydrogen-bond donors (Lipinski definition) is 2. The Hall–Kier alpha value is -3.21. The molecule has 2 heterocycles. The lowest BCUT2D eigenvalue weighted by molar-refractivity contribution is 0.552. The zero-order valence-corrected chi connectivity index (χ0v) is 16.1. The molecule has 0 amide bonds. The minimum Gasteiger partial charge on any atom is -0.368 e. The van der Waals surface area contributed by atoms with Crippen LogP contribution in [0.2, 0.25) is 0 Å². The van der Waals surface area contributed by atoms with Crippen molar-refractivity contribution < 1.29 is 4.39 Å². The smallest absolute Gasteiger partial charge is 0.148 e. The summed E-state index contributed by atoms with van der Waals surface area (Å²) in [6, 6.07) is 16.8. The number of hydrogen-bond acceptors (Lipinski definition) is 4. The summed E-state index contributed by atoms with van der Waals surface area (Å²) >= 11 is 0. The first-order valence-electron chi connectivity index (χ1n) is 9.32. The van der Waals surface area contributed by atoms with Crippen molar-refractivity contribution in [3.8, 4) is 11.3 Å². The van der Waals surface area contributed by atoms with Crippen molar-refractivity contribution in [2.75, 3.05) is 17.2 Å². The molecule has 1 aliphatic rings. The third kappa shape index (κ3) is 3.74. The van der Waals surface area contributed by atoms with Crippen LogP contribution in [0.3, 0.4) is 0 Å². The lowest BCUT2D eigenvalue weighted by atomic mass is 9.84. The van der Waals surface area contributed by atoms with Crippen molar-refractivity contribution in [1.29, 1.82) is 0 Å². The molecular formula is C23H23FN4. The van der Waals surface area contributed by atoms with E-state index in [9.17, 15) is 4.39 Å². The molecule has 0 spiro atoms. The van der Waals surface area contributed by atoms with Gasteiger partial charge in [-0.2, -0.15) is 0 Å². The van der Waals surface area contributed by atoms with E-state index in [2.05, 4.69) is 53.4 Å². The average Bonchev–Trinajstić information content (AvgIpc) is 3.06. The highest BCUT2D eigenvalue weighted by molar-refractivity contribution is 5.70. The average molecular weight is 374 g/mol. The third-order valence-electron chi connectivity index (χ3n) is 5.12. The minimum atomic E-state index is -0.222. The fourth-order valence-corrected chi connectivity index (χ4v) is 3.38. The summed E-state index contributed by atoms with van der Waals surface area (Å²) in [7, 11) is 0. The van der Waals surface area contributed by atoms with Gasteiger partial charge in [-0.05, 0) is 47.5 Å². The molecule has 0 fully saturated rings. The number of nitrogens with zero attached hydrogens (tertiary/aromatic N) is 2.